The van der Waals surface area contributed by atoms with Crippen molar-refractivity contribution in [3.63, 3.8) is 0 Å². The number of likely N-dealkylation sites (tertiary alicyclic amines) is 1. The molecular formula is C15H27N3O. The molecule has 2 rings (SSSR count). The minimum atomic E-state index is -0.194. The van der Waals surface area contributed by atoms with Crippen LogP contribution in [0.3, 0.4) is 0 Å². The zero-order valence-corrected chi connectivity index (χ0v) is 12.8. The topological polar surface area (TPSA) is 41.3 Å². The first kappa shape index (κ1) is 14.5. The summed E-state index contributed by atoms with van der Waals surface area (Å²) in [7, 11) is 1.99. The molecule has 4 heteroatoms. The summed E-state index contributed by atoms with van der Waals surface area (Å²) >= 11 is 0. The van der Waals surface area contributed by atoms with Crippen LogP contribution >= 0.6 is 0 Å². The number of aliphatic hydroxyl groups excluding tert-OH is 1. The highest BCUT2D eigenvalue weighted by atomic mass is 16.3. The highest BCUT2D eigenvalue weighted by Gasteiger charge is 2.28. The molecule has 1 aliphatic rings. The van der Waals surface area contributed by atoms with Crippen LogP contribution < -0.4 is 0 Å². The van der Waals surface area contributed by atoms with Crippen molar-refractivity contribution in [3.8, 4) is 0 Å². The Morgan fingerprint density at radius 1 is 1.47 bits per heavy atom. The SMILES string of the molecule is CC(O)C1CCN(Cc2cn(C)nc2C(C)(C)C)C1. The maximum Gasteiger partial charge on any atom is 0.0722 e. The molecule has 0 aromatic carbocycles. The smallest absolute Gasteiger partial charge is 0.0722 e. The van der Waals surface area contributed by atoms with Crippen molar-refractivity contribution in [1.82, 2.24) is 14.7 Å². The maximum atomic E-state index is 9.68. The fourth-order valence-electron chi connectivity index (χ4n) is 2.93. The van der Waals surface area contributed by atoms with Gasteiger partial charge in [0.05, 0.1) is 11.8 Å². The molecule has 1 aliphatic heterocycles. The highest BCUT2D eigenvalue weighted by Crippen LogP contribution is 2.27. The third-order valence-corrected chi connectivity index (χ3v) is 4.00. The second kappa shape index (κ2) is 5.25. The van der Waals surface area contributed by atoms with E-state index in [9.17, 15) is 5.11 Å². The van der Waals surface area contributed by atoms with E-state index in [1.807, 2.05) is 18.7 Å². The first-order valence-electron chi connectivity index (χ1n) is 7.21. The van der Waals surface area contributed by atoms with Gasteiger partial charge in [-0.1, -0.05) is 20.8 Å². The number of hydrogen-bond donors (Lipinski definition) is 1. The van der Waals surface area contributed by atoms with Gasteiger partial charge in [0.1, 0.15) is 0 Å². The summed E-state index contributed by atoms with van der Waals surface area (Å²) in [6.45, 7) is 11.6. The van der Waals surface area contributed by atoms with Gasteiger partial charge in [-0.15, -0.1) is 0 Å². The van der Waals surface area contributed by atoms with Gasteiger partial charge in [0, 0.05) is 37.3 Å². The van der Waals surface area contributed by atoms with Crippen LogP contribution in [0.2, 0.25) is 0 Å². The van der Waals surface area contributed by atoms with Crippen molar-refractivity contribution in [3.05, 3.63) is 17.5 Å². The number of aromatic nitrogens is 2. The van der Waals surface area contributed by atoms with E-state index >= 15 is 0 Å². The summed E-state index contributed by atoms with van der Waals surface area (Å²) in [4.78, 5) is 2.43. The molecule has 4 nitrogen and oxygen atoms in total. The zero-order chi connectivity index (χ0) is 14.2. The Kier molecular flexibility index (Phi) is 4.02. The van der Waals surface area contributed by atoms with Gasteiger partial charge in [-0.25, -0.2) is 0 Å². The molecule has 108 valence electrons. The molecule has 19 heavy (non-hydrogen) atoms. The number of hydrogen-bond acceptors (Lipinski definition) is 3. The molecule has 2 atom stereocenters. The predicted molar refractivity (Wildman–Crippen MR) is 77.0 cm³/mol. The zero-order valence-electron chi connectivity index (χ0n) is 12.8. The third-order valence-electron chi connectivity index (χ3n) is 4.00. The molecule has 2 unspecified atom stereocenters. The minimum absolute atomic E-state index is 0.0833. The lowest BCUT2D eigenvalue weighted by atomic mass is 9.89. The summed E-state index contributed by atoms with van der Waals surface area (Å²) in [5, 5.41) is 14.3. The average Bonchev–Trinajstić information content (AvgIpc) is 2.85. The van der Waals surface area contributed by atoms with Crippen LogP contribution in [0.1, 0.15) is 45.4 Å². The Hall–Kier alpha value is -0.870. The fraction of sp³-hybridized carbons (Fsp3) is 0.800. The fourth-order valence-corrected chi connectivity index (χ4v) is 2.93. The van der Waals surface area contributed by atoms with E-state index in [1.54, 1.807) is 0 Å². The summed E-state index contributed by atoms with van der Waals surface area (Å²) in [6, 6.07) is 0. The molecule has 0 amide bonds. The predicted octanol–water partition coefficient (Wildman–Crippen LogP) is 1.92. The van der Waals surface area contributed by atoms with Gasteiger partial charge >= 0.3 is 0 Å². The van der Waals surface area contributed by atoms with Gasteiger partial charge < -0.3 is 5.11 Å². The van der Waals surface area contributed by atoms with E-state index < -0.39 is 0 Å². The maximum absolute atomic E-state index is 9.68. The molecule has 0 bridgehead atoms. The molecule has 1 saturated heterocycles. The lowest BCUT2D eigenvalue weighted by molar-refractivity contribution is 0.127. The molecule has 1 aromatic rings. The summed E-state index contributed by atoms with van der Waals surface area (Å²) in [6.07, 6.45) is 3.04. The van der Waals surface area contributed by atoms with Gasteiger partial charge in [0.25, 0.3) is 0 Å². The number of aryl methyl sites for hydroxylation is 1. The van der Waals surface area contributed by atoms with Crippen LogP contribution in [0.5, 0.6) is 0 Å². The number of aliphatic hydroxyl groups is 1. The van der Waals surface area contributed by atoms with Crippen LogP contribution in [0.15, 0.2) is 6.20 Å². The van der Waals surface area contributed by atoms with Gasteiger partial charge in [0.2, 0.25) is 0 Å². The summed E-state index contributed by atoms with van der Waals surface area (Å²) in [5.41, 5.74) is 2.59. The Bertz CT molecular complexity index is 431. The van der Waals surface area contributed by atoms with Crippen molar-refractivity contribution >= 4 is 0 Å². The van der Waals surface area contributed by atoms with E-state index in [0.717, 1.165) is 26.1 Å². The Balaban J connectivity index is 2.08. The Morgan fingerprint density at radius 3 is 2.68 bits per heavy atom. The van der Waals surface area contributed by atoms with Crippen LogP contribution in [0.4, 0.5) is 0 Å². The van der Waals surface area contributed by atoms with E-state index in [-0.39, 0.29) is 11.5 Å². The van der Waals surface area contributed by atoms with Gasteiger partial charge in [-0.2, -0.15) is 5.10 Å². The molecular weight excluding hydrogens is 238 g/mol. The number of rotatable bonds is 3. The van der Waals surface area contributed by atoms with Crippen LogP contribution in [0.25, 0.3) is 0 Å². The standard InChI is InChI=1S/C15H27N3O/c1-11(19)12-6-7-18(9-12)10-13-8-17(5)16-14(13)15(2,3)4/h8,11-12,19H,6-7,9-10H2,1-5H3. The normalized spacial score (nSPS) is 22.9. The van der Waals surface area contributed by atoms with Gasteiger partial charge in [0.15, 0.2) is 0 Å². The van der Waals surface area contributed by atoms with Crippen LogP contribution in [-0.4, -0.2) is 39.0 Å². The lowest BCUT2D eigenvalue weighted by Gasteiger charge is -2.21. The summed E-state index contributed by atoms with van der Waals surface area (Å²) in [5.74, 6) is 0.426. The van der Waals surface area contributed by atoms with Crippen molar-refractivity contribution in [2.75, 3.05) is 13.1 Å². The van der Waals surface area contributed by atoms with Crippen molar-refractivity contribution in [2.45, 2.75) is 52.2 Å². The molecule has 1 fully saturated rings. The van der Waals surface area contributed by atoms with Crippen molar-refractivity contribution in [1.29, 1.82) is 0 Å². The van der Waals surface area contributed by atoms with Crippen LogP contribution in [0, 0.1) is 5.92 Å². The second-order valence-corrected chi connectivity index (χ2v) is 6.95. The first-order valence-corrected chi connectivity index (χ1v) is 7.21. The number of nitrogens with zero attached hydrogens (tertiary/aromatic N) is 3. The Labute approximate surface area is 116 Å². The van der Waals surface area contributed by atoms with Crippen molar-refractivity contribution in [2.24, 2.45) is 13.0 Å². The minimum Gasteiger partial charge on any atom is -0.393 e. The third kappa shape index (κ3) is 3.37. The molecule has 0 saturated carbocycles. The Morgan fingerprint density at radius 2 is 2.16 bits per heavy atom. The van der Waals surface area contributed by atoms with E-state index in [2.05, 4.69) is 37.0 Å². The quantitative estimate of drug-likeness (QED) is 0.908. The molecule has 0 spiro atoms. The van der Waals surface area contributed by atoms with E-state index in [1.165, 1.54) is 11.3 Å². The molecule has 0 aliphatic carbocycles. The molecule has 0 radical (unpaired) electrons. The molecule has 1 N–H and O–H groups in total. The first-order chi connectivity index (χ1) is 8.77. The molecule has 2 heterocycles. The average molecular weight is 265 g/mol. The largest absolute Gasteiger partial charge is 0.393 e. The van der Waals surface area contributed by atoms with E-state index in [0.29, 0.717) is 5.92 Å². The second-order valence-electron chi connectivity index (χ2n) is 6.95. The van der Waals surface area contributed by atoms with Gasteiger partial charge in [-0.05, 0) is 25.8 Å². The monoisotopic (exact) mass is 265 g/mol. The molecule has 1 aromatic heterocycles. The van der Waals surface area contributed by atoms with Crippen LogP contribution in [-0.2, 0) is 19.0 Å². The lowest BCUT2D eigenvalue weighted by Crippen LogP contribution is -2.25. The van der Waals surface area contributed by atoms with E-state index in [4.69, 9.17) is 0 Å². The summed E-state index contributed by atoms with van der Waals surface area (Å²) < 4.78 is 1.91. The highest BCUT2D eigenvalue weighted by molar-refractivity contribution is 5.24. The van der Waals surface area contributed by atoms with Gasteiger partial charge in [-0.3, -0.25) is 9.58 Å². The van der Waals surface area contributed by atoms with Crippen molar-refractivity contribution < 1.29 is 5.11 Å².